The van der Waals surface area contributed by atoms with Crippen LogP contribution in [0.2, 0.25) is 0 Å². The van der Waals surface area contributed by atoms with E-state index in [2.05, 4.69) is 12.2 Å². The highest BCUT2D eigenvalue weighted by Gasteiger charge is 2.16. The number of rotatable bonds is 19. The standard InChI is InChI=1S/C25H49NO2/c1-2-3-4-5-6-7-8-9-10-11-12-13-14-15-16-19-22-26-25(27)28-23-24-20-17-18-21-24/h24H,2-23H2,1H3,(H,26,27). The van der Waals surface area contributed by atoms with Crippen molar-refractivity contribution in [2.75, 3.05) is 13.2 Å². The van der Waals surface area contributed by atoms with Gasteiger partial charge in [-0.25, -0.2) is 4.79 Å². The van der Waals surface area contributed by atoms with Gasteiger partial charge in [-0.3, -0.25) is 0 Å². The molecule has 0 atom stereocenters. The first-order chi connectivity index (χ1) is 13.8. The van der Waals surface area contributed by atoms with Crippen LogP contribution >= 0.6 is 0 Å². The summed E-state index contributed by atoms with van der Waals surface area (Å²) in [7, 11) is 0. The number of alkyl carbamates (subject to hydrolysis) is 1. The number of unbranched alkanes of at least 4 members (excludes halogenated alkanes) is 15. The number of carbonyl (C=O) groups excluding carboxylic acids is 1. The largest absolute Gasteiger partial charge is 0.449 e. The SMILES string of the molecule is CCCCCCCCCCCCCCCCCCNC(=O)OCC1CCCC1. The average Bonchev–Trinajstić information content (AvgIpc) is 3.22. The van der Waals surface area contributed by atoms with Gasteiger partial charge in [0, 0.05) is 6.54 Å². The fourth-order valence-electron chi connectivity index (χ4n) is 4.29. The van der Waals surface area contributed by atoms with E-state index in [0.717, 1.165) is 13.0 Å². The van der Waals surface area contributed by atoms with Crippen LogP contribution in [0, 0.1) is 5.92 Å². The third-order valence-electron chi connectivity index (χ3n) is 6.22. The summed E-state index contributed by atoms with van der Waals surface area (Å²) in [5.74, 6) is 0.612. The van der Waals surface area contributed by atoms with Crippen molar-refractivity contribution in [3.05, 3.63) is 0 Å². The number of ether oxygens (including phenoxy) is 1. The molecular formula is C25H49NO2. The summed E-state index contributed by atoms with van der Waals surface area (Å²) in [6.07, 6.45) is 26.9. The number of hydrogen-bond donors (Lipinski definition) is 1. The van der Waals surface area contributed by atoms with Gasteiger partial charge in [-0.15, -0.1) is 0 Å². The van der Waals surface area contributed by atoms with E-state index in [4.69, 9.17) is 4.74 Å². The maximum absolute atomic E-state index is 11.6. The summed E-state index contributed by atoms with van der Waals surface area (Å²) in [4.78, 5) is 11.6. The maximum Gasteiger partial charge on any atom is 0.407 e. The van der Waals surface area contributed by atoms with Gasteiger partial charge < -0.3 is 10.1 Å². The second-order valence-corrected chi connectivity index (χ2v) is 8.98. The van der Waals surface area contributed by atoms with E-state index in [1.165, 1.54) is 122 Å². The Balaban J connectivity index is 1.69. The smallest absolute Gasteiger partial charge is 0.407 e. The van der Waals surface area contributed by atoms with E-state index in [0.29, 0.717) is 12.5 Å². The lowest BCUT2D eigenvalue weighted by atomic mass is 10.0. The van der Waals surface area contributed by atoms with Gasteiger partial charge >= 0.3 is 6.09 Å². The number of carbonyl (C=O) groups is 1. The summed E-state index contributed by atoms with van der Waals surface area (Å²) in [6, 6.07) is 0. The van der Waals surface area contributed by atoms with Crippen molar-refractivity contribution in [2.45, 2.75) is 135 Å². The Morgan fingerprint density at radius 1 is 0.714 bits per heavy atom. The van der Waals surface area contributed by atoms with Crippen LogP contribution in [0.3, 0.4) is 0 Å². The Kier molecular flexibility index (Phi) is 17.7. The minimum atomic E-state index is -0.215. The molecule has 1 rings (SSSR count). The lowest BCUT2D eigenvalue weighted by molar-refractivity contribution is 0.127. The van der Waals surface area contributed by atoms with Crippen molar-refractivity contribution in [3.63, 3.8) is 0 Å². The second kappa shape index (κ2) is 19.6. The molecule has 3 nitrogen and oxygen atoms in total. The van der Waals surface area contributed by atoms with E-state index in [9.17, 15) is 4.79 Å². The fraction of sp³-hybridized carbons (Fsp3) is 0.960. The molecule has 1 amide bonds. The first-order valence-electron chi connectivity index (χ1n) is 12.7. The minimum Gasteiger partial charge on any atom is -0.449 e. The van der Waals surface area contributed by atoms with E-state index in [1.54, 1.807) is 0 Å². The van der Waals surface area contributed by atoms with Crippen molar-refractivity contribution in [1.82, 2.24) is 5.32 Å². The molecule has 0 unspecified atom stereocenters. The lowest BCUT2D eigenvalue weighted by Gasteiger charge is -2.10. The Bertz CT molecular complexity index is 339. The quantitative estimate of drug-likeness (QED) is 0.224. The third kappa shape index (κ3) is 16.2. The molecule has 0 aromatic heterocycles. The Morgan fingerprint density at radius 3 is 1.61 bits per heavy atom. The summed E-state index contributed by atoms with van der Waals surface area (Å²) in [6.45, 7) is 3.67. The summed E-state index contributed by atoms with van der Waals surface area (Å²) >= 11 is 0. The van der Waals surface area contributed by atoms with Crippen LogP contribution in [0.25, 0.3) is 0 Å². The van der Waals surface area contributed by atoms with Gasteiger partial charge in [0.25, 0.3) is 0 Å². The summed E-state index contributed by atoms with van der Waals surface area (Å²) in [5.41, 5.74) is 0. The first kappa shape index (κ1) is 25.3. The Hall–Kier alpha value is -0.730. The molecule has 1 aliphatic rings. The zero-order chi connectivity index (χ0) is 20.1. The molecule has 0 heterocycles. The van der Waals surface area contributed by atoms with Crippen LogP contribution < -0.4 is 5.32 Å². The molecule has 0 aromatic carbocycles. The number of amides is 1. The van der Waals surface area contributed by atoms with Gasteiger partial charge in [0.1, 0.15) is 0 Å². The minimum absolute atomic E-state index is 0.215. The van der Waals surface area contributed by atoms with E-state index < -0.39 is 0 Å². The molecule has 0 bridgehead atoms. The van der Waals surface area contributed by atoms with Crippen LogP contribution in [0.4, 0.5) is 4.79 Å². The van der Waals surface area contributed by atoms with Crippen LogP contribution in [0.1, 0.15) is 135 Å². The van der Waals surface area contributed by atoms with Crippen molar-refractivity contribution >= 4 is 6.09 Å². The van der Waals surface area contributed by atoms with E-state index in [1.807, 2.05) is 0 Å². The zero-order valence-electron chi connectivity index (χ0n) is 19.0. The van der Waals surface area contributed by atoms with Gasteiger partial charge in [0.15, 0.2) is 0 Å². The van der Waals surface area contributed by atoms with Crippen molar-refractivity contribution in [3.8, 4) is 0 Å². The lowest BCUT2D eigenvalue weighted by Crippen LogP contribution is -2.27. The monoisotopic (exact) mass is 395 g/mol. The average molecular weight is 396 g/mol. The third-order valence-corrected chi connectivity index (χ3v) is 6.22. The molecule has 3 heteroatoms. The fourth-order valence-corrected chi connectivity index (χ4v) is 4.29. The first-order valence-corrected chi connectivity index (χ1v) is 12.7. The van der Waals surface area contributed by atoms with Crippen molar-refractivity contribution < 1.29 is 9.53 Å². The van der Waals surface area contributed by atoms with Gasteiger partial charge in [-0.2, -0.15) is 0 Å². The second-order valence-electron chi connectivity index (χ2n) is 8.98. The van der Waals surface area contributed by atoms with Crippen molar-refractivity contribution in [2.24, 2.45) is 5.92 Å². The topological polar surface area (TPSA) is 38.3 Å². The molecule has 0 aromatic rings. The van der Waals surface area contributed by atoms with Gasteiger partial charge in [-0.05, 0) is 25.2 Å². The zero-order valence-corrected chi connectivity index (χ0v) is 19.0. The molecule has 1 saturated carbocycles. The molecule has 28 heavy (non-hydrogen) atoms. The number of nitrogens with one attached hydrogen (secondary N) is 1. The Labute approximate surface area is 175 Å². The molecule has 0 spiro atoms. The van der Waals surface area contributed by atoms with Crippen LogP contribution in [0.5, 0.6) is 0 Å². The molecule has 1 aliphatic carbocycles. The van der Waals surface area contributed by atoms with Gasteiger partial charge in [-0.1, -0.05) is 116 Å². The van der Waals surface area contributed by atoms with Gasteiger partial charge in [0.05, 0.1) is 6.61 Å². The highest BCUT2D eigenvalue weighted by molar-refractivity contribution is 5.67. The van der Waals surface area contributed by atoms with Crippen LogP contribution in [-0.2, 0) is 4.74 Å². The van der Waals surface area contributed by atoms with Gasteiger partial charge in [0.2, 0.25) is 0 Å². The maximum atomic E-state index is 11.6. The van der Waals surface area contributed by atoms with Crippen LogP contribution in [0.15, 0.2) is 0 Å². The highest BCUT2D eigenvalue weighted by Crippen LogP contribution is 2.24. The predicted octanol–water partition coefficient (Wildman–Crippen LogP) is 8.16. The summed E-state index contributed by atoms with van der Waals surface area (Å²) < 4.78 is 5.30. The summed E-state index contributed by atoms with van der Waals surface area (Å²) in [5, 5.41) is 2.90. The molecule has 1 fully saturated rings. The Morgan fingerprint density at radius 2 is 1.14 bits per heavy atom. The predicted molar refractivity (Wildman–Crippen MR) is 121 cm³/mol. The molecule has 0 radical (unpaired) electrons. The molecule has 0 saturated heterocycles. The molecule has 0 aliphatic heterocycles. The molecule has 1 N–H and O–H groups in total. The van der Waals surface area contributed by atoms with Crippen molar-refractivity contribution in [1.29, 1.82) is 0 Å². The van der Waals surface area contributed by atoms with E-state index >= 15 is 0 Å². The van der Waals surface area contributed by atoms with Crippen LogP contribution in [-0.4, -0.2) is 19.2 Å². The molecule has 166 valence electrons. The normalized spacial score (nSPS) is 14.5. The number of hydrogen-bond acceptors (Lipinski definition) is 2. The van der Waals surface area contributed by atoms with E-state index in [-0.39, 0.29) is 6.09 Å². The molecular weight excluding hydrogens is 346 g/mol. The highest BCUT2D eigenvalue weighted by atomic mass is 16.5.